The van der Waals surface area contributed by atoms with Crippen molar-refractivity contribution < 1.29 is 14.4 Å². The number of anilines is 1. The Bertz CT molecular complexity index is 995. The van der Waals surface area contributed by atoms with E-state index in [2.05, 4.69) is 18.0 Å². The fourth-order valence-electron chi connectivity index (χ4n) is 3.88. The Kier molecular flexibility index (Phi) is 8.24. The number of carbonyl (C=O) groups excluding carboxylic acids is 3. The summed E-state index contributed by atoms with van der Waals surface area (Å²) in [5, 5.41) is 2.85. The van der Waals surface area contributed by atoms with Gasteiger partial charge < -0.3 is 15.1 Å². The first-order chi connectivity index (χ1) is 15.9. The average Bonchev–Trinajstić information content (AvgIpc) is 2.81. The molecule has 4 amide bonds. The highest BCUT2D eigenvalue weighted by Crippen LogP contribution is 2.20. The number of nitrogens with zero attached hydrogens (tertiary/aromatic N) is 3. The van der Waals surface area contributed by atoms with Crippen LogP contribution in [0.2, 0.25) is 0 Å². The molecule has 174 valence electrons. The van der Waals surface area contributed by atoms with Gasteiger partial charge in [-0.15, -0.1) is 6.58 Å². The van der Waals surface area contributed by atoms with Gasteiger partial charge in [0, 0.05) is 45.3 Å². The SMILES string of the molecule is C=CCNC(=O)N(Cc1cccc(C)c1)c1ccc(CC(=O)N2CCN(C(C)=O)CC2)cc1. The topological polar surface area (TPSA) is 73.0 Å². The molecule has 1 aliphatic rings. The summed E-state index contributed by atoms with van der Waals surface area (Å²) in [6, 6.07) is 15.4. The van der Waals surface area contributed by atoms with Crippen LogP contribution in [-0.4, -0.2) is 60.4 Å². The zero-order valence-corrected chi connectivity index (χ0v) is 19.4. The minimum atomic E-state index is -0.205. The van der Waals surface area contributed by atoms with Crippen molar-refractivity contribution in [3.63, 3.8) is 0 Å². The Labute approximate surface area is 195 Å². The van der Waals surface area contributed by atoms with Gasteiger partial charge in [0.15, 0.2) is 0 Å². The van der Waals surface area contributed by atoms with E-state index in [0.717, 1.165) is 22.4 Å². The van der Waals surface area contributed by atoms with Gasteiger partial charge in [0.1, 0.15) is 0 Å². The fourth-order valence-corrected chi connectivity index (χ4v) is 3.88. The van der Waals surface area contributed by atoms with Gasteiger partial charge in [-0.05, 0) is 30.2 Å². The summed E-state index contributed by atoms with van der Waals surface area (Å²) in [5.74, 6) is 0.0938. The van der Waals surface area contributed by atoms with Crippen LogP contribution in [0.4, 0.5) is 10.5 Å². The molecule has 7 nitrogen and oxygen atoms in total. The van der Waals surface area contributed by atoms with Gasteiger partial charge in [-0.2, -0.15) is 0 Å². The average molecular weight is 449 g/mol. The molecule has 0 unspecified atom stereocenters. The van der Waals surface area contributed by atoms with Crippen molar-refractivity contribution in [3.05, 3.63) is 77.9 Å². The molecule has 0 radical (unpaired) electrons. The Balaban J connectivity index is 1.67. The molecule has 0 aliphatic carbocycles. The number of hydrogen-bond acceptors (Lipinski definition) is 3. The number of nitrogens with one attached hydrogen (secondary N) is 1. The molecule has 0 spiro atoms. The van der Waals surface area contributed by atoms with Gasteiger partial charge in [0.2, 0.25) is 11.8 Å². The van der Waals surface area contributed by atoms with E-state index in [1.54, 1.807) is 27.7 Å². The lowest BCUT2D eigenvalue weighted by atomic mass is 10.1. The van der Waals surface area contributed by atoms with E-state index in [1.807, 2.05) is 49.4 Å². The first kappa shape index (κ1) is 24.0. The molecule has 3 rings (SSSR count). The molecule has 1 aliphatic heterocycles. The molecule has 1 heterocycles. The highest BCUT2D eigenvalue weighted by atomic mass is 16.2. The summed E-state index contributed by atoms with van der Waals surface area (Å²) >= 11 is 0. The van der Waals surface area contributed by atoms with Crippen LogP contribution in [0.15, 0.2) is 61.2 Å². The molecule has 0 atom stereocenters. The van der Waals surface area contributed by atoms with Crippen molar-refractivity contribution in [1.29, 1.82) is 0 Å². The summed E-state index contributed by atoms with van der Waals surface area (Å²) in [6.07, 6.45) is 1.94. The Morgan fingerprint density at radius 3 is 2.27 bits per heavy atom. The number of rotatable bonds is 7. The highest BCUT2D eigenvalue weighted by molar-refractivity contribution is 5.92. The summed E-state index contributed by atoms with van der Waals surface area (Å²) in [6.45, 7) is 10.3. The number of hydrogen-bond donors (Lipinski definition) is 1. The third-order valence-corrected chi connectivity index (χ3v) is 5.75. The highest BCUT2D eigenvalue weighted by Gasteiger charge is 2.22. The summed E-state index contributed by atoms with van der Waals surface area (Å²) < 4.78 is 0. The van der Waals surface area contributed by atoms with E-state index in [4.69, 9.17) is 0 Å². The van der Waals surface area contributed by atoms with Gasteiger partial charge in [0.25, 0.3) is 0 Å². The van der Waals surface area contributed by atoms with Gasteiger partial charge >= 0.3 is 6.03 Å². The van der Waals surface area contributed by atoms with Crippen molar-refractivity contribution in [2.45, 2.75) is 26.8 Å². The van der Waals surface area contributed by atoms with Gasteiger partial charge in [-0.1, -0.05) is 48.0 Å². The smallest absolute Gasteiger partial charge is 0.322 e. The van der Waals surface area contributed by atoms with E-state index in [-0.39, 0.29) is 17.8 Å². The van der Waals surface area contributed by atoms with Crippen LogP contribution in [0, 0.1) is 6.92 Å². The monoisotopic (exact) mass is 448 g/mol. The fraction of sp³-hybridized carbons (Fsp3) is 0.346. The maximum Gasteiger partial charge on any atom is 0.322 e. The second-order valence-electron chi connectivity index (χ2n) is 8.28. The lowest BCUT2D eigenvalue weighted by Gasteiger charge is -2.34. The molecular formula is C26H32N4O3. The number of piperazine rings is 1. The first-order valence-corrected chi connectivity index (χ1v) is 11.2. The number of benzene rings is 2. The molecule has 0 aromatic heterocycles. The normalized spacial score (nSPS) is 13.4. The van der Waals surface area contributed by atoms with E-state index in [0.29, 0.717) is 45.7 Å². The molecule has 33 heavy (non-hydrogen) atoms. The number of carbonyl (C=O) groups is 3. The minimum Gasteiger partial charge on any atom is -0.339 e. The van der Waals surface area contributed by atoms with Crippen LogP contribution in [-0.2, 0) is 22.6 Å². The molecule has 1 N–H and O–H groups in total. The van der Waals surface area contributed by atoms with Crippen LogP contribution in [0.5, 0.6) is 0 Å². The standard InChI is InChI=1S/C26H32N4O3/c1-4-12-27-26(33)30(19-23-7-5-6-20(2)17-23)24-10-8-22(9-11-24)18-25(32)29-15-13-28(14-16-29)21(3)31/h4-11,17H,1,12-16,18-19H2,2-3H3,(H,27,33). The molecular weight excluding hydrogens is 416 g/mol. The summed E-state index contributed by atoms with van der Waals surface area (Å²) in [4.78, 5) is 42.2. The minimum absolute atomic E-state index is 0.0463. The summed E-state index contributed by atoms with van der Waals surface area (Å²) in [7, 11) is 0. The van der Waals surface area contributed by atoms with Crippen LogP contribution in [0.25, 0.3) is 0 Å². The molecule has 1 fully saturated rings. The molecule has 0 bridgehead atoms. The maximum absolute atomic E-state index is 12.8. The Morgan fingerprint density at radius 1 is 1.00 bits per heavy atom. The largest absolute Gasteiger partial charge is 0.339 e. The van der Waals surface area contributed by atoms with E-state index in [9.17, 15) is 14.4 Å². The summed E-state index contributed by atoms with van der Waals surface area (Å²) in [5.41, 5.74) is 3.81. The maximum atomic E-state index is 12.8. The van der Waals surface area contributed by atoms with Crippen molar-refractivity contribution in [2.75, 3.05) is 37.6 Å². The quantitative estimate of drug-likeness (QED) is 0.662. The molecule has 0 saturated carbocycles. The zero-order chi connectivity index (χ0) is 23.8. The molecule has 1 saturated heterocycles. The van der Waals surface area contributed by atoms with Crippen molar-refractivity contribution in [1.82, 2.24) is 15.1 Å². The van der Waals surface area contributed by atoms with E-state index in [1.165, 1.54) is 0 Å². The number of urea groups is 1. The van der Waals surface area contributed by atoms with Gasteiger partial charge in [-0.25, -0.2) is 4.79 Å². The first-order valence-electron chi connectivity index (χ1n) is 11.2. The van der Waals surface area contributed by atoms with Crippen molar-refractivity contribution in [3.8, 4) is 0 Å². The molecule has 2 aromatic rings. The zero-order valence-electron chi connectivity index (χ0n) is 19.4. The van der Waals surface area contributed by atoms with Crippen LogP contribution in [0.1, 0.15) is 23.6 Å². The third-order valence-electron chi connectivity index (χ3n) is 5.75. The number of aryl methyl sites for hydroxylation is 1. The second kappa shape index (κ2) is 11.3. The van der Waals surface area contributed by atoms with Crippen LogP contribution < -0.4 is 10.2 Å². The van der Waals surface area contributed by atoms with E-state index < -0.39 is 0 Å². The molecule has 7 heteroatoms. The third kappa shape index (κ3) is 6.68. The predicted octanol–water partition coefficient (Wildman–Crippen LogP) is 3.13. The lowest BCUT2D eigenvalue weighted by molar-refractivity contribution is -0.138. The van der Waals surface area contributed by atoms with Gasteiger partial charge in [0.05, 0.1) is 13.0 Å². The van der Waals surface area contributed by atoms with Crippen LogP contribution >= 0.6 is 0 Å². The van der Waals surface area contributed by atoms with Crippen LogP contribution in [0.3, 0.4) is 0 Å². The molecule has 2 aromatic carbocycles. The van der Waals surface area contributed by atoms with Crippen molar-refractivity contribution >= 4 is 23.5 Å². The van der Waals surface area contributed by atoms with E-state index >= 15 is 0 Å². The lowest BCUT2D eigenvalue weighted by Crippen LogP contribution is -2.50. The predicted molar refractivity (Wildman–Crippen MR) is 130 cm³/mol. The van der Waals surface area contributed by atoms with Gasteiger partial charge in [-0.3, -0.25) is 14.5 Å². The van der Waals surface area contributed by atoms with Crippen molar-refractivity contribution in [2.24, 2.45) is 0 Å². The second-order valence-corrected chi connectivity index (χ2v) is 8.28. The Hall–Kier alpha value is -3.61. The number of amides is 4. The Morgan fingerprint density at radius 2 is 1.67 bits per heavy atom.